The first-order valence-corrected chi connectivity index (χ1v) is 10.4. The topological polar surface area (TPSA) is 84.9 Å². The number of ether oxygens (including phenoxy) is 2. The van der Waals surface area contributed by atoms with Crippen molar-refractivity contribution in [3.05, 3.63) is 52.5 Å². The van der Waals surface area contributed by atoms with E-state index in [9.17, 15) is 14.4 Å². The normalized spacial score (nSPS) is 12.9. The Morgan fingerprint density at radius 3 is 2.74 bits per heavy atom. The van der Waals surface area contributed by atoms with Gasteiger partial charge in [0.25, 0.3) is 5.91 Å². The van der Waals surface area contributed by atoms with E-state index in [2.05, 4.69) is 5.32 Å². The first-order valence-electron chi connectivity index (χ1n) is 10.0. The SMILES string of the molecule is Cc1ccc(Cl)c(OCC(=O)c2ccc3c(c2)N(CC(=O)NCC(C)C)C(=O)CO3)c1. The van der Waals surface area contributed by atoms with Gasteiger partial charge in [-0.1, -0.05) is 31.5 Å². The molecular formula is C23H25ClN2O5. The molecule has 0 aromatic heterocycles. The molecule has 0 fully saturated rings. The predicted molar refractivity (Wildman–Crippen MR) is 118 cm³/mol. The van der Waals surface area contributed by atoms with Crippen LogP contribution in [0, 0.1) is 12.8 Å². The van der Waals surface area contributed by atoms with Crippen LogP contribution in [0.15, 0.2) is 36.4 Å². The van der Waals surface area contributed by atoms with Gasteiger partial charge in [-0.2, -0.15) is 0 Å². The maximum Gasteiger partial charge on any atom is 0.265 e. The fourth-order valence-corrected chi connectivity index (χ4v) is 3.19. The van der Waals surface area contributed by atoms with E-state index in [1.54, 1.807) is 30.3 Å². The van der Waals surface area contributed by atoms with Crippen molar-refractivity contribution in [2.45, 2.75) is 20.8 Å². The van der Waals surface area contributed by atoms with Crippen LogP contribution in [0.2, 0.25) is 5.02 Å². The lowest BCUT2D eigenvalue weighted by molar-refractivity contribution is -0.125. The van der Waals surface area contributed by atoms with E-state index in [4.69, 9.17) is 21.1 Å². The van der Waals surface area contributed by atoms with Crippen LogP contribution in [0.25, 0.3) is 0 Å². The van der Waals surface area contributed by atoms with Crippen LogP contribution in [0.3, 0.4) is 0 Å². The number of nitrogens with zero attached hydrogens (tertiary/aromatic N) is 1. The van der Waals surface area contributed by atoms with Crippen molar-refractivity contribution >= 4 is 34.9 Å². The minimum atomic E-state index is -0.348. The van der Waals surface area contributed by atoms with Gasteiger partial charge in [-0.05, 0) is 48.7 Å². The summed E-state index contributed by atoms with van der Waals surface area (Å²) in [6.07, 6.45) is 0. The second kappa shape index (κ2) is 9.83. The van der Waals surface area contributed by atoms with E-state index in [1.165, 1.54) is 4.90 Å². The highest BCUT2D eigenvalue weighted by Crippen LogP contribution is 2.33. The molecule has 0 unspecified atom stereocenters. The minimum absolute atomic E-state index is 0.144. The molecule has 1 aliphatic rings. The molecule has 0 aliphatic carbocycles. The molecule has 0 atom stereocenters. The second-order valence-electron chi connectivity index (χ2n) is 7.79. The van der Waals surface area contributed by atoms with Crippen LogP contribution in [-0.2, 0) is 9.59 Å². The van der Waals surface area contributed by atoms with Gasteiger partial charge in [-0.15, -0.1) is 0 Å². The summed E-state index contributed by atoms with van der Waals surface area (Å²) < 4.78 is 11.0. The van der Waals surface area contributed by atoms with E-state index < -0.39 is 0 Å². The summed E-state index contributed by atoms with van der Waals surface area (Å²) >= 11 is 6.11. The van der Waals surface area contributed by atoms with Crippen LogP contribution < -0.4 is 19.7 Å². The molecule has 0 saturated heterocycles. The number of benzene rings is 2. The zero-order valence-electron chi connectivity index (χ0n) is 17.7. The summed E-state index contributed by atoms with van der Waals surface area (Å²) in [7, 11) is 0. The standard InChI is InChI=1S/C23H25ClN2O5/c1-14(2)10-25-22(28)11-26-18-9-16(5-7-20(18)31-13-23(26)29)19(27)12-30-21-8-15(3)4-6-17(21)24/h4-9,14H,10-13H2,1-3H3,(H,25,28). The smallest absolute Gasteiger partial charge is 0.265 e. The van der Waals surface area contributed by atoms with Gasteiger partial charge in [0, 0.05) is 12.1 Å². The zero-order chi connectivity index (χ0) is 22.5. The third kappa shape index (κ3) is 5.76. The maximum atomic E-state index is 12.7. The van der Waals surface area contributed by atoms with Crippen LogP contribution in [0.4, 0.5) is 5.69 Å². The Hall–Kier alpha value is -3.06. The monoisotopic (exact) mass is 444 g/mol. The van der Waals surface area contributed by atoms with Crippen molar-refractivity contribution in [1.29, 1.82) is 0 Å². The van der Waals surface area contributed by atoms with Crippen molar-refractivity contribution in [1.82, 2.24) is 5.32 Å². The number of amides is 2. The summed E-state index contributed by atoms with van der Waals surface area (Å²) in [5.41, 5.74) is 1.69. The highest BCUT2D eigenvalue weighted by Gasteiger charge is 2.28. The van der Waals surface area contributed by atoms with Crippen LogP contribution >= 0.6 is 11.6 Å². The van der Waals surface area contributed by atoms with Gasteiger partial charge >= 0.3 is 0 Å². The van der Waals surface area contributed by atoms with Gasteiger partial charge in [0.1, 0.15) is 18.0 Å². The van der Waals surface area contributed by atoms with Crippen LogP contribution in [-0.4, -0.2) is 43.9 Å². The number of aryl methyl sites for hydroxylation is 1. The molecule has 0 radical (unpaired) electrons. The Labute approximate surface area is 186 Å². The molecule has 2 aromatic carbocycles. The number of rotatable bonds is 8. The Balaban J connectivity index is 1.74. The Bertz CT molecular complexity index is 1010. The lowest BCUT2D eigenvalue weighted by atomic mass is 10.1. The first kappa shape index (κ1) is 22.6. The highest BCUT2D eigenvalue weighted by molar-refractivity contribution is 6.32. The van der Waals surface area contributed by atoms with Gasteiger partial charge in [-0.25, -0.2) is 0 Å². The summed E-state index contributed by atoms with van der Waals surface area (Å²) in [4.78, 5) is 38.7. The van der Waals surface area contributed by atoms with Gasteiger partial charge in [0.15, 0.2) is 19.0 Å². The molecule has 0 bridgehead atoms. The number of ketones is 1. The molecule has 7 nitrogen and oxygen atoms in total. The van der Waals surface area contributed by atoms with Crippen molar-refractivity contribution in [2.24, 2.45) is 5.92 Å². The van der Waals surface area contributed by atoms with E-state index in [0.29, 0.717) is 40.2 Å². The third-order valence-electron chi connectivity index (χ3n) is 4.68. The Morgan fingerprint density at radius 1 is 1.23 bits per heavy atom. The first-order chi connectivity index (χ1) is 14.7. The van der Waals surface area contributed by atoms with Gasteiger partial charge in [-0.3, -0.25) is 19.3 Å². The second-order valence-corrected chi connectivity index (χ2v) is 8.20. The molecule has 2 aromatic rings. The average Bonchev–Trinajstić information content (AvgIpc) is 2.74. The summed E-state index contributed by atoms with van der Waals surface area (Å²) in [6.45, 7) is 5.87. The maximum absolute atomic E-state index is 12.7. The highest BCUT2D eigenvalue weighted by atomic mass is 35.5. The van der Waals surface area contributed by atoms with Crippen molar-refractivity contribution in [3.63, 3.8) is 0 Å². The number of hydrogen-bond donors (Lipinski definition) is 1. The molecular weight excluding hydrogens is 420 g/mol. The Morgan fingerprint density at radius 2 is 2.00 bits per heavy atom. The lowest BCUT2D eigenvalue weighted by Crippen LogP contribution is -2.45. The molecule has 2 amide bonds. The third-order valence-corrected chi connectivity index (χ3v) is 4.99. The number of Topliss-reactive ketones (excluding diaryl/α,β-unsaturated/α-hetero) is 1. The van der Waals surface area contributed by atoms with Crippen molar-refractivity contribution < 1.29 is 23.9 Å². The Kier molecular flexibility index (Phi) is 7.17. The van der Waals surface area contributed by atoms with E-state index in [1.807, 2.05) is 26.8 Å². The number of carbonyl (C=O) groups excluding carboxylic acids is 3. The van der Waals surface area contributed by atoms with Crippen molar-refractivity contribution in [2.75, 3.05) is 31.2 Å². The molecule has 1 N–H and O–H groups in total. The molecule has 1 heterocycles. The fraction of sp³-hybridized carbons (Fsp3) is 0.348. The quantitative estimate of drug-likeness (QED) is 0.631. The molecule has 1 aliphatic heterocycles. The van der Waals surface area contributed by atoms with Crippen LogP contribution in [0.1, 0.15) is 29.8 Å². The average molecular weight is 445 g/mol. The predicted octanol–water partition coefficient (Wildman–Crippen LogP) is 3.41. The van der Waals surface area contributed by atoms with E-state index in [-0.39, 0.29) is 37.4 Å². The largest absolute Gasteiger partial charge is 0.484 e. The molecule has 0 spiro atoms. The number of nitrogens with one attached hydrogen (secondary N) is 1. The van der Waals surface area contributed by atoms with Crippen LogP contribution in [0.5, 0.6) is 11.5 Å². The molecule has 164 valence electrons. The minimum Gasteiger partial charge on any atom is -0.484 e. The number of fused-ring (bicyclic) bond motifs is 1. The van der Waals surface area contributed by atoms with Crippen molar-refractivity contribution in [3.8, 4) is 11.5 Å². The van der Waals surface area contributed by atoms with Gasteiger partial charge < -0.3 is 14.8 Å². The van der Waals surface area contributed by atoms with E-state index in [0.717, 1.165) is 5.56 Å². The number of hydrogen-bond acceptors (Lipinski definition) is 5. The molecule has 3 rings (SSSR count). The molecule has 8 heteroatoms. The molecule has 31 heavy (non-hydrogen) atoms. The number of halogens is 1. The summed E-state index contributed by atoms with van der Waals surface area (Å²) in [6, 6.07) is 10.1. The van der Waals surface area contributed by atoms with E-state index >= 15 is 0 Å². The van der Waals surface area contributed by atoms with Gasteiger partial charge in [0.2, 0.25) is 5.91 Å². The number of carbonyl (C=O) groups is 3. The fourth-order valence-electron chi connectivity index (χ4n) is 3.01. The lowest BCUT2D eigenvalue weighted by Gasteiger charge is -2.29. The van der Waals surface area contributed by atoms with Gasteiger partial charge in [0.05, 0.1) is 10.7 Å². The molecule has 0 saturated carbocycles. The number of anilines is 1. The summed E-state index contributed by atoms with van der Waals surface area (Å²) in [5, 5.41) is 3.21. The summed E-state index contributed by atoms with van der Waals surface area (Å²) in [5.74, 6) is 0.249. The zero-order valence-corrected chi connectivity index (χ0v) is 18.5.